The fourth-order valence-corrected chi connectivity index (χ4v) is 5.93. The Kier molecular flexibility index (Phi) is 7.32. The van der Waals surface area contributed by atoms with Gasteiger partial charge in [-0.3, -0.25) is 4.90 Å². The van der Waals surface area contributed by atoms with Crippen LogP contribution >= 0.6 is 11.3 Å². The van der Waals surface area contributed by atoms with Gasteiger partial charge < -0.3 is 10.2 Å². The molecular formula is C24H35NO2S. The van der Waals surface area contributed by atoms with Gasteiger partial charge in [0.1, 0.15) is 0 Å². The van der Waals surface area contributed by atoms with Crippen molar-refractivity contribution < 1.29 is 10.2 Å². The van der Waals surface area contributed by atoms with Crippen LogP contribution < -0.4 is 0 Å². The van der Waals surface area contributed by atoms with E-state index in [2.05, 4.69) is 43.9 Å². The molecule has 1 saturated heterocycles. The molecule has 1 fully saturated rings. The molecule has 1 aromatic carbocycles. The number of piperidine rings is 1. The van der Waals surface area contributed by atoms with Crippen LogP contribution in [0, 0.1) is 0 Å². The maximum Gasteiger partial charge on any atom is 0.0707 e. The van der Waals surface area contributed by atoms with E-state index in [0.717, 1.165) is 38.8 Å². The second kappa shape index (κ2) is 9.53. The van der Waals surface area contributed by atoms with E-state index in [9.17, 15) is 10.2 Å². The Morgan fingerprint density at radius 3 is 2.68 bits per heavy atom. The number of nitrogens with zero attached hydrogens (tertiary/aromatic N) is 1. The normalized spacial score (nSPS) is 24.4. The summed E-state index contributed by atoms with van der Waals surface area (Å²) in [5, 5.41) is 20.1. The zero-order valence-corrected chi connectivity index (χ0v) is 18.3. The molecular weight excluding hydrogens is 366 g/mol. The fraction of sp³-hybridized carbons (Fsp3) is 0.583. The number of thiophene rings is 1. The van der Waals surface area contributed by atoms with Gasteiger partial charge in [0, 0.05) is 35.4 Å². The van der Waals surface area contributed by atoms with E-state index >= 15 is 0 Å². The quantitative estimate of drug-likeness (QED) is 0.697. The molecule has 0 bridgehead atoms. The highest BCUT2D eigenvalue weighted by molar-refractivity contribution is 7.12. The summed E-state index contributed by atoms with van der Waals surface area (Å²) in [5.41, 5.74) is 2.82. The number of β-amino-alcohol motifs (C(OH)–C–C–N with tert-alkyl or cyclic N) is 1. The van der Waals surface area contributed by atoms with Crippen LogP contribution in [0.3, 0.4) is 0 Å². The number of benzene rings is 1. The largest absolute Gasteiger partial charge is 0.396 e. The first-order chi connectivity index (χ1) is 13.4. The minimum atomic E-state index is -0.327. The van der Waals surface area contributed by atoms with Crippen LogP contribution in [0.2, 0.25) is 0 Å². The molecule has 2 N–H and O–H groups in total. The SMILES string of the molecule is CCc1cc(C2(C)CCN(CC(O)Cc3ccccc3)[C@@H](C)C2)c(CCO)s1. The number of aryl methyl sites for hydroxylation is 1. The molecule has 3 nitrogen and oxygen atoms in total. The van der Waals surface area contributed by atoms with Crippen LogP contribution in [0.25, 0.3) is 0 Å². The average molecular weight is 402 g/mol. The highest BCUT2D eigenvalue weighted by atomic mass is 32.1. The van der Waals surface area contributed by atoms with Gasteiger partial charge in [-0.2, -0.15) is 0 Å². The van der Waals surface area contributed by atoms with Gasteiger partial charge in [0.05, 0.1) is 6.10 Å². The molecule has 1 aliphatic heterocycles. The standard InChI is InChI=1S/C24H35NO2S/c1-4-21-15-22(23(28-21)10-13-26)24(3)11-12-25(18(2)16-24)17-20(27)14-19-8-6-5-7-9-19/h5-9,15,18,20,26-27H,4,10-14,16-17H2,1-3H3/t18-,20?,24?/m0/s1. The number of hydrogen-bond acceptors (Lipinski definition) is 4. The Morgan fingerprint density at radius 2 is 2.04 bits per heavy atom. The Morgan fingerprint density at radius 1 is 1.29 bits per heavy atom. The molecule has 0 saturated carbocycles. The van der Waals surface area contributed by atoms with Crippen molar-refractivity contribution in [2.24, 2.45) is 0 Å². The number of hydrogen-bond donors (Lipinski definition) is 2. The highest BCUT2D eigenvalue weighted by Crippen LogP contribution is 2.42. The van der Waals surface area contributed by atoms with Crippen molar-refractivity contribution in [1.29, 1.82) is 0 Å². The fourth-order valence-electron chi connectivity index (χ4n) is 4.69. The van der Waals surface area contributed by atoms with Crippen molar-refractivity contribution in [2.75, 3.05) is 19.7 Å². The first kappa shape index (κ1) is 21.5. The summed E-state index contributed by atoms with van der Waals surface area (Å²) in [7, 11) is 0. The predicted octanol–water partition coefficient (Wildman–Crippen LogP) is 4.19. The lowest BCUT2D eigenvalue weighted by Gasteiger charge is -2.45. The van der Waals surface area contributed by atoms with Crippen LogP contribution in [0.15, 0.2) is 36.4 Å². The smallest absolute Gasteiger partial charge is 0.0707 e. The second-order valence-electron chi connectivity index (χ2n) is 8.58. The molecule has 2 heterocycles. The zero-order valence-electron chi connectivity index (χ0n) is 17.5. The van der Waals surface area contributed by atoms with Gasteiger partial charge in [-0.25, -0.2) is 0 Å². The third kappa shape index (κ3) is 5.04. The monoisotopic (exact) mass is 401 g/mol. The van der Waals surface area contributed by atoms with Crippen molar-refractivity contribution in [3.63, 3.8) is 0 Å². The summed E-state index contributed by atoms with van der Waals surface area (Å²) in [4.78, 5) is 5.24. The molecule has 2 aromatic rings. The van der Waals surface area contributed by atoms with Gasteiger partial charge in [-0.05, 0) is 61.8 Å². The minimum absolute atomic E-state index is 0.161. The van der Waals surface area contributed by atoms with Crippen LogP contribution in [0.5, 0.6) is 0 Å². The third-order valence-electron chi connectivity index (χ3n) is 6.28. The van der Waals surface area contributed by atoms with Gasteiger partial charge in [0.15, 0.2) is 0 Å². The Bertz CT molecular complexity index is 744. The third-order valence-corrected chi connectivity index (χ3v) is 7.62. The molecule has 28 heavy (non-hydrogen) atoms. The number of aliphatic hydroxyl groups is 2. The summed E-state index contributed by atoms with van der Waals surface area (Å²) >= 11 is 1.88. The summed E-state index contributed by atoms with van der Waals surface area (Å²) in [5.74, 6) is 0. The van der Waals surface area contributed by atoms with Crippen LogP contribution in [0.4, 0.5) is 0 Å². The maximum atomic E-state index is 10.6. The average Bonchev–Trinajstić information content (AvgIpc) is 3.09. The summed E-state index contributed by atoms with van der Waals surface area (Å²) < 4.78 is 0. The Hall–Kier alpha value is -1.20. The molecule has 0 aliphatic carbocycles. The lowest BCUT2D eigenvalue weighted by atomic mass is 9.72. The Labute approximate surface area is 174 Å². The van der Waals surface area contributed by atoms with E-state index in [-0.39, 0.29) is 18.1 Å². The molecule has 1 aliphatic rings. The zero-order chi connectivity index (χ0) is 20.1. The first-order valence-corrected chi connectivity index (χ1v) is 11.5. The summed E-state index contributed by atoms with van der Waals surface area (Å²) in [6.07, 6.45) is 4.42. The topological polar surface area (TPSA) is 43.7 Å². The molecule has 0 spiro atoms. The van der Waals surface area contributed by atoms with E-state index in [1.165, 1.54) is 20.9 Å². The summed E-state index contributed by atoms with van der Waals surface area (Å²) in [6.45, 7) is 8.87. The van der Waals surface area contributed by atoms with Crippen LogP contribution in [-0.2, 0) is 24.7 Å². The molecule has 3 rings (SSSR count). The number of likely N-dealkylation sites (tertiary alicyclic amines) is 1. The second-order valence-corrected chi connectivity index (χ2v) is 9.80. The summed E-state index contributed by atoms with van der Waals surface area (Å²) in [6, 6.07) is 13.1. The van der Waals surface area contributed by atoms with Gasteiger partial charge >= 0.3 is 0 Å². The molecule has 1 aromatic heterocycles. The molecule has 3 atom stereocenters. The lowest BCUT2D eigenvalue weighted by Crippen LogP contribution is -2.49. The minimum Gasteiger partial charge on any atom is -0.396 e. The maximum absolute atomic E-state index is 10.6. The van der Waals surface area contributed by atoms with Crippen molar-refractivity contribution in [1.82, 2.24) is 4.90 Å². The lowest BCUT2D eigenvalue weighted by molar-refractivity contribution is 0.0516. The van der Waals surface area contributed by atoms with E-state index in [4.69, 9.17) is 0 Å². The molecule has 0 amide bonds. The molecule has 0 radical (unpaired) electrons. The van der Waals surface area contributed by atoms with Gasteiger partial charge in [0.25, 0.3) is 0 Å². The number of aliphatic hydroxyl groups excluding tert-OH is 2. The molecule has 4 heteroatoms. The van der Waals surface area contributed by atoms with Gasteiger partial charge in [0.2, 0.25) is 0 Å². The molecule has 154 valence electrons. The van der Waals surface area contributed by atoms with Gasteiger partial charge in [-0.15, -0.1) is 11.3 Å². The van der Waals surface area contributed by atoms with Crippen LogP contribution in [-0.4, -0.2) is 47.0 Å². The predicted molar refractivity (Wildman–Crippen MR) is 118 cm³/mol. The van der Waals surface area contributed by atoms with E-state index in [1.807, 2.05) is 29.5 Å². The highest BCUT2D eigenvalue weighted by Gasteiger charge is 2.38. The van der Waals surface area contributed by atoms with Crippen molar-refractivity contribution in [3.8, 4) is 0 Å². The Balaban J connectivity index is 1.65. The van der Waals surface area contributed by atoms with E-state index < -0.39 is 0 Å². The van der Waals surface area contributed by atoms with E-state index in [0.29, 0.717) is 12.5 Å². The van der Waals surface area contributed by atoms with Crippen molar-refractivity contribution >= 4 is 11.3 Å². The number of rotatable bonds is 8. The first-order valence-electron chi connectivity index (χ1n) is 10.6. The van der Waals surface area contributed by atoms with Crippen molar-refractivity contribution in [3.05, 3.63) is 57.3 Å². The van der Waals surface area contributed by atoms with E-state index in [1.54, 1.807) is 0 Å². The molecule has 2 unspecified atom stereocenters. The van der Waals surface area contributed by atoms with Crippen molar-refractivity contribution in [2.45, 2.75) is 70.4 Å². The van der Waals surface area contributed by atoms with Crippen LogP contribution in [0.1, 0.15) is 54.5 Å². The van der Waals surface area contributed by atoms with Gasteiger partial charge in [-0.1, -0.05) is 44.2 Å².